The Hall–Kier alpha value is -2.03. The molecule has 1 amide bonds. The molecule has 16 heavy (non-hydrogen) atoms. The first kappa shape index (κ1) is 10.5. The molecule has 0 saturated carbocycles. The van der Waals surface area contributed by atoms with Crippen LogP contribution in [0.1, 0.15) is 15.9 Å². The van der Waals surface area contributed by atoms with Gasteiger partial charge in [0.2, 0.25) is 5.91 Å². The fourth-order valence-corrected chi connectivity index (χ4v) is 1.68. The van der Waals surface area contributed by atoms with Crippen LogP contribution >= 0.6 is 0 Å². The number of carbonyl (C=O) groups excluding carboxylic acids is 1. The number of allylic oxidation sites excluding steroid dienone is 2. The molecule has 0 atom stereocenters. The molecule has 0 spiro atoms. The van der Waals surface area contributed by atoms with Gasteiger partial charge in [-0.25, -0.2) is 0 Å². The summed E-state index contributed by atoms with van der Waals surface area (Å²) in [6.07, 6.45) is 6.27. The molecule has 2 rings (SSSR count). The lowest BCUT2D eigenvalue weighted by Crippen LogP contribution is -2.14. The minimum Gasteiger partial charge on any atom is -0.376 e. The van der Waals surface area contributed by atoms with Crippen LogP contribution in [0.3, 0.4) is 0 Å². The summed E-state index contributed by atoms with van der Waals surface area (Å²) in [6, 6.07) is 7.33. The quantitative estimate of drug-likeness (QED) is 0.813. The number of rotatable bonds is 2. The van der Waals surface area contributed by atoms with E-state index in [0.717, 1.165) is 17.7 Å². The smallest absolute Gasteiger partial charge is 0.248 e. The average molecular weight is 214 g/mol. The van der Waals surface area contributed by atoms with Gasteiger partial charge >= 0.3 is 0 Å². The molecule has 0 aliphatic carbocycles. The van der Waals surface area contributed by atoms with Crippen LogP contribution < -0.4 is 5.73 Å². The standard InChI is InChI=1S/C13H14N2O/c1-15-8-2-3-12(9-15)10-4-6-11(7-5-10)13(14)16/h2-7,9H,8H2,1H3,(H2,14,16). The van der Waals surface area contributed by atoms with Crippen molar-refractivity contribution in [1.29, 1.82) is 0 Å². The van der Waals surface area contributed by atoms with Gasteiger partial charge in [0.05, 0.1) is 0 Å². The normalized spacial score (nSPS) is 14.8. The minimum atomic E-state index is -0.392. The van der Waals surface area contributed by atoms with E-state index in [-0.39, 0.29) is 0 Å². The topological polar surface area (TPSA) is 46.3 Å². The number of nitrogens with zero attached hydrogens (tertiary/aromatic N) is 1. The molecule has 0 aromatic heterocycles. The first-order valence-electron chi connectivity index (χ1n) is 5.15. The Morgan fingerprint density at radius 1 is 1.31 bits per heavy atom. The van der Waals surface area contributed by atoms with Crippen LogP contribution in [-0.4, -0.2) is 24.4 Å². The van der Waals surface area contributed by atoms with Crippen molar-refractivity contribution in [2.75, 3.05) is 13.6 Å². The van der Waals surface area contributed by atoms with Crippen molar-refractivity contribution in [3.63, 3.8) is 0 Å². The van der Waals surface area contributed by atoms with Gasteiger partial charge in [-0.1, -0.05) is 24.3 Å². The van der Waals surface area contributed by atoms with E-state index in [0.29, 0.717) is 5.56 Å². The first-order valence-corrected chi connectivity index (χ1v) is 5.15. The van der Waals surface area contributed by atoms with E-state index in [2.05, 4.69) is 23.3 Å². The molecule has 1 aromatic rings. The van der Waals surface area contributed by atoms with Crippen molar-refractivity contribution in [2.45, 2.75) is 0 Å². The number of hydrogen-bond donors (Lipinski definition) is 1. The maximum absolute atomic E-state index is 10.9. The van der Waals surface area contributed by atoms with Gasteiger partial charge in [-0.05, 0) is 23.3 Å². The summed E-state index contributed by atoms with van der Waals surface area (Å²) < 4.78 is 0. The summed E-state index contributed by atoms with van der Waals surface area (Å²) >= 11 is 0. The average Bonchev–Trinajstić information content (AvgIpc) is 2.29. The summed E-state index contributed by atoms with van der Waals surface area (Å²) in [4.78, 5) is 13.0. The van der Waals surface area contributed by atoms with Crippen LogP contribution in [0.15, 0.2) is 42.6 Å². The van der Waals surface area contributed by atoms with Crippen LogP contribution in [0.4, 0.5) is 0 Å². The second-order valence-electron chi connectivity index (χ2n) is 3.87. The van der Waals surface area contributed by atoms with E-state index in [1.54, 1.807) is 12.1 Å². The number of nitrogens with two attached hydrogens (primary N) is 1. The molecule has 1 aromatic carbocycles. The Balaban J connectivity index is 2.28. The maximum atomic E-state index is 10.9. The molecule has 0 unspecified atom stereocenters. The zero-order valence-electron chi connectivity index (χ0n) is 9.18. The summed E-state index contributed by atoms with van der Waals surface area (Å²) in [6.45, 7) is 0.933. The number of amides is 1. The largest absolute Gasteiger partial charge is 0.376 e. The molecule has 1 heterocycles. The van der Waals surface area contributed by atoms with Gasteiger partial charge in [-0.3, -0.25) is 4.79 Å². The Morgan fingerprint density at radius 3 is 2.56 bits per heavy atom. The van der Waals surface area contributed by atoms with Crippen LogP contribution in [0.5, 0.6) is 0 Å². The molecule has 0 radical (unpaired) electrons. The number of likely N-dealkylation sites (N-methyl/N-ethyl adjacent to an activating group) is 1. The monoisotopic (exact) mass is 214 g/mol. The van der Waals surface area contributed by atoms with Gasteiger partial charge in [0.25, 0.3) is 0 Å². The van der Waals surface area contributed by atoms with E-state index in [9.17, 15) is 4.79 Å². The van der Waals surface area contributed by atoms with E-state index >= 15 is 0 Å². The predicted molar refractivity (Wildman–Crippen MR) is 64.7 cm³/mol. The van der Waals surface area contributed by atoms with Crippen molar-refractivity contribution < 1.29 is 4.79 Å². The summed E-state index contributed by atoms with van der Waals surface area (Å²) in [7, 11) is 2.03. The molecule has 3 nitrogen and oxygen atoms in total. The van der Waals surface area contributed by atoms with Crippen molar-refractivity contribution in [1.82, 2.24) is 4.90 Å². The minimum absolute atomic E-state index is 0.392. The van der Waals surface area contributed by atoms with Gasteiger partial charge < -0.3 is 10.6 Å². The second-order valence-corrected chi connectivity index (χ2v) is 3.87. The highest BCUT2D eigenvalue weighted by Crippen LogP contribution is 2.19. The molecule has 82 valence electrons. The third-order valence-corrected chi connectivity index (χ3v) is 2.55. The summed E-state index contributed by atoms with van der Waals surface area (Å²) in [5, 5.41) is 0. The zero-order chi connectivity index (χ0) is 11.5. The highest BCUT2D eigenvalue weighted by atomic mass is 16.1. The second kappa shape index (κ2) is 4.23. The molecular formula is C13H14N2O. The molecule has 1 aliphatic heterocycles. The van der Waals surface area contributed by atoms with Gasteiger partial charge in [0.1, 0.15) is 0 Å². The molecule has 0 fully saturated rings. The number of hydrogen-bond acceptors (Lipinski definition) is 2. The first-order chi connectivity index (χ1) is 7.66. The molecular weight excluding hydrogens is 200 g/mol. The Morgan fingerprint density at radius 2 is 2.00 bits per heavy atom. The van der Waals surface area contributed by atoms with Crippen molar-refractivity contribution in [2.24, 2.45) is 5.73 Å². The van der Waals surface area contributed by atoms with E-state index in [1.165, 1.54) is 0 Å². The van der Waals surface area contributed by atoms with Gasteiger partial charge in [0.15, 0.2) is 0 Å². The molecule has 2 N–H and O–H groups in total. The van der Waals surface area contributed by atoms with Crippen LogP contribution in [-0.2, 0) is 0 Å². The third kappa shape index (κ3) is 2.14. The van der Waals surface area contributed by atoms with Gasteiger partial charge in [-0.15, -0.1) is 0 Å². The Bertz CT molecular complexity index is 457. The number of carbonyl (C=O) groups is 1. The summed E-state index contributed by atoms with van der Waals surface area (Å²) in [5.74, 6) is -0.392. The number of primary amides is 1. The molecule has 1 aliphatic rings. The molecule has 0 saturated heterocycles. The lowest BCUT2D eigenvalue weighted by Gasteiger charge is -2.17. The van der Waals surface area contributed by atoms with Crippen molar-refractivity contribution >= 4 is 11.5 Å². The molecule has 0 bridgehead atoms. The highest BCUT2D eigenvalue weighted by molar-refractivity contribution is 5.93. The maximum Gasteiger partial charge on any atom is 0.248 e. The SMILES string of the molecule is CN1C=C(c2ccc(C(N)=O)cc2)C=CC1. The van der Waals surface area contributed by atoms with E-state index < -0.39 is 5.91 Å². The van der Waals surface area contributed by atoms with Crippen LogP contribution in [0.2, 0.25) is 0 Å². The Labute approximate surface area is 94.9 Å². The lowest BCUT2D eigenvalue weighted by atomic mass is 10.0. The zero-order valence-corrected chi connectivity index (χ0v) is 9.18. The highest BCUT2D eigenvalue weighted by Gasteiger charge is 2.05. The fourth-order valence-electron chi connectivity index (χ4n) is 1.68. The third-order valence-electron chi connectivity index (χ3n) is 2.55. The van der Waals surface area contributed by atoms with Gasteiger partial charge in [-0.2, -0.15) is 0 Å². The molecule has 3 heteroatoms. The predicted octanol–water partition coefficient (Wildman–Crippen LogP) is 1.63. The van der Waals surface area contributed by atoms with Crippen LogP contribution in [0.25, 0.3) is 5.57 Å². The van der Waals surface area contributed by atoms with Crippen molar-refractivity contribution in [3.05, 3.63) is 53.7 Å². The number of benzene rings is 1. The fraction of sp³-hybridized carbons (Fsp3) is 0.154. The Kier molecular flexibility index (Phi) is 2.77. The van der Waals surface area contributed by atoms with E-state index in [4.69, 9.17) is 5.73 Å². The van der Waals surface area contributed by atoms with Gasteiger partial charge in [0, 0.05) is 25.4 Å². The van der Waals surface area contributed by atoms with E-state index in [1.807, 2.05) is 19.2 Å². The summed E-state index contributed by atoms with van der Waals surface area (Å²) in [5.41, 5.74) is 7.96. The lowest BCUT2D eigenvalue weighted by molar-refractivity contribution is 0.100. The van der Waals surface area contributed by atoms with Crippen LogP contribution in [0, 0.1) is 0 Å². The van der Waals surface area contributed by atoms with Crippen molar-refractivity contribution in [3.8, 4) is 0 Å².